The SMILES string of the molecule is COC1=CC2=NC3=C(CNCC3)C(=O)C2C=C1OC. The first kappa shape index (κ1) is 12.2. The highest BCUT2D eigenvalue weighted by Gasteiger charge is 2.35. The normalized spacial score (nSPS) is 25.9. The molecule has 100 valence electrons. The van der Waals surface area contributed by atoms with E-state index in [4.69, 9.17) is 9.47 Å². The molecule has 0 radical (unpaired) electrons. The van der Waals surface area contributed by atoms with Gasteiger partial charge in [-0.05, 0) is 6.08 Å². The number of nitrogens with one attached hydrogen (secondary N) is 1. The quantitative estimate of drug-likeness (QED) is 0.803. The molecular formula is C14H16N2O3. The number of methoxy groups -OCH3 is 2. The van der Waals surface area contributed by atoms with Crippen LogP contribution in [0.25, 0.3) is 0 Å². The summed E-state index contributed by atoms with van der Waals surface area (Å²) in [5.74, 6) is 0.983. The third-order valence-electron chi connectivity index (χ3n) is 3.63. The average molecular weight is 260 g/mol. The molecular weight excluding hydrogens is 244 g/mol. The fourth-order valence-corrected chi connectivity index (χ4v) is 2.62. The fourth-order valence-electron chi connectivity index (χ4n) is 2.62. The van der Waals surface area contributed by atoms with Gasteiger partial charge in [0.25, 0.3) is 0 Å². The van der Waals surface area contributed by atoms with Gasteiger partial charge >= 0.3 is 0 Å². The van der Waals surface area contributed by atoms with Gasteiger partial charge in [-0.2, -0.15) is 0 Å². The van der Waals surface area contributed by atoms with Gasteiger partial charge in [0, 0.05) is 31.2 Å². The van der Waals surface area contributed by atoms with Crippen molar-refractivity contribution in [1.82, 2.24) is 5.32 Å². The Labute approximate surface area is 111 Å². The molecule has 0 saturated carbocycles. The van der Waals surface area contributed by atoms with Crippen LogP contribution in [0.15, 0.2) is 39.9 Å². The Morgan fingerprint density at radius 3 is 2.84 bits per heavy atom. The van der Waals surface area contributed by atoms with E-state index >= 15 is 0 Å². The van der Waals surface area contributed by atoms with Gasteiger partial charge in [0.2, 0.25) is 0 Å². The molecule has 2 heterocycles. The number of fused-ring (bicyclic) bond motifs is 1. The molecule has 0 aromatic heterocycles. The number of carbonyl (C=O) groups excluding carboxylic acids is 1. The monoisotopic (exact) mass is 260 g/mol. The highest BCUT2D eigenvalue weighted by molar-refractivity contribution is 6.20. The molecule has 1 unspecified atom stereocenters. The summed E-state index contributed by atoms with van der Waals surface area (Å²) in [4.78, 5) is 17.1. The first-order chi connectivity index (χ1) is 9.24. The summed E-state index contributed by atoms with van der Waals surface area (Å²) in [5.41, 5.74) is 2.47. The van der Waals surface area contributed by atoms with Gasteiger partial charge < -0.3 is 14.8 Å². The lowest BCUT2D eigenvalue weighted by molar-refractivity contribution is -0.116. The molecule has 0 aromatic carbocycles. The summed E-state index contributed by atoms with van der Waals surface area (Å²) >= 11 is 0. The van der Waals surface area contributed by atoms with Gasteiger partial charge in [-0.15, -0.1) is 0 Å². The summed E-state index contributed by atoms with van der Waals surface area (Å²) in [6.45, 7) is 1.48. The van der Waals surface area contributed by atoms with E-state index in [1.165, 1.54) is 0 Å². The highest BCUT2D eigenvalue weighted by Crippen LogP contribution is 2.31. The number of hydrogen-bond acceptors (Lipinski definition) is 5. The molecule has 0 fully saturated rings. The van der Waals surface area contributed by atoms with E-state index in [2.05, 4.69) is 10.3 Å². The van der Waals surface area contributed by atoms with Crippen LogP contribution in [-0.4, -0.2) is 38.8 Å². The maximum absolute atomic E-state index is 12.5. The predicted molar refractivity (Wildman–Crippen MR) is 70.6 cm³/mol. The van der Waals surface area contributed by atoms with Crippen LogP contribution in [-0.2, 0) is 14.3 Å². The lowest BCUT2D eigenvalue weighted by Gasteiger charge is -2.28. The first-order valence-electron chi connectivity index (χ1n) is 6.32. The minimum absolute atomic E-state index is 0.119. The lowest BCUT2D eigenvalue weighted by Crippen LogP contribution is -2.37. The van der Waals surface area contributed by atoms with E-state index in [9.17, 15) is 4.79 Å². The van der Waals surface area contributed by atoms with Gasteiger partial charge in [-0.1, -0.05) is 0 Å². The van der Waals surface area contributed by atoms with Gasteiger partial charge in [0.05, 0.1) is 31.5 Å². The van der Waals surface area contributed by atoms with Crippen LogP contribution in [0.3, 0.4) is 0 Å². The Hall–Kier alpha value is -1.88. The predicted octanol–water partition coefficient (Wildman–Crippen LogP) is 0.948. The summed E-state index contributed by atoms with van der Waals surface area (Å²) < 4.78 is 10.5. The smallest absolute Gasteiger partial charge is 0.174 e. The summed E-state index contributed by atoms with van der Waals surface area (Å²) in [6, 6.07) is 0. The van der Waals surface area contributed by atoms with E-state index < -0.39 is 0 Å². The van der Waals surface area contributed by atoms with Crippen molar-refractivity contribution in [1.29, 1.82) is 0 Å². The maximum Gasteiger partial charge on any atom is 0.174 e. The molecule has 5 nitrogen and oxygen atoms in total. The van der Waals surface area contributed by atoms with Gasteiger partial charge in [-0.3, -0.25) is 9.79 Å². The molecule has 0 aromatic rings. The van der Waals surface area contributed by atoms with Crippen molar-refractivity contribution in [2.75, 3.05) is 27.3 Å². The maximum atomic E-state index is 12.5. The van der Waals surface area contributed by atoms with Crippen molar-refractivity contribution in [3.8, 4) is 0 Å². The Morgan fingerprint density at radius 2 is 2.11 bits per heavy atom. The summed E-state index contributed by atoms with van der Waals surface area (Å²) in [6.07, 6.45) is 4.39. The molecule has 0 bridgehead atoms. The van der Waals surface area contributed by atoms with Gasteiger partial charge in [0.1, 0.15) is 0 Å². The third-order valence-corrected chi connectivity index (χ3v) is 3.63. The molecule has 3 aliphatic rings. The zero-order valence-electron chi connectivity index (χ0n) is 11.0. The Morgan fingerprint density at radius 1 is 1.32 bits per heavy atom. The van der Waals surface area contributed by atoms with E-state index in [1.54, 1.807) is 26.4 Å². The van der Waals surface area contributed by atoms with Crippen LogP contribution in [0.5, 0.6) is 0 Å². The van der Waals surface area contributed by atoms with Crippen LogP contribution in [0.4, 0.5) is 0 Å². The van der Waals surface area contributed by atoms with Crippen LogP contribution in [0, 0.1) is 5.92 Å². The van der Waals surface area contributed by atoms with Gasteiger partial charge in [0.15, 0.2) is 17.3 Å². The summed E-state index contributed by atoms with van der Waals surface area (Å²) in [5, 5.41) is 3.22. The Balaban J connectivity index is 2.05. The van der Waals surface area contributed by atoms with Gasteiger partial charge in [-0.25, -0.2) is 0 Å². The van der Waals surface area contributed by atoms with Crippen molar-refractivity contribution >= 4 is 11.5 Å². The van der Waals surface area contributed by atoms with E-state index in [1.807, 2.05) is 0 Å². The number of hydrogen-bond donors (Lipinski definition) is 1. The topological polar surface area (TPSA) is 59.9 Å². The number of nitrogens with zero attached hydrogens (tertiary/aromatic N) is 1. The van der Waals surface area contributed by atoms with Crippen molar-refractivity contribution in [2.45, 2.75) is 6.42 Å². The molecule has 2 aliphatic heterocycles. The molecule has 1 N–H and O–H groups in total. The molecule has 1 atom stereocenters. The minimum Gasteiger partial charge on any atom is -0.493 e. The standard InChI is InChI=1S/C14H16N2O3/c1-18-12-5-8-11(6-13(12)19-2)16-10-3-4-15-7-9(10)14(8)17/h5-6,8,15H,3-4,7H2,1-2H3. The second-order valence-electron chi connectivity index (χ2n) is 4.68. The molecule has 0 amide bonds. The second kappa shape index (κ2) is 4.66. The van der Waals surface area contributed by atoms with Crippen molar-refractivity contribution in [3.05, 3.63) is 34.9 Å². The largest absolute Gasteiger partial charge is 0.493 e. The molecule has 1 aliphatic carbocycles. The zero-order valence-corrected chi connectivity index (χ0v) is 11.0. The number of ketones is 1. The number of aliphatic imine (C=N–C) groups is 1. The van der Waals surface area contributed by atoms with Crippen LogP contribution in [0.1, 0.15) is 6.42 Å². The van der Waals surface area contributed by atoms with Crippen molar-refractivity contribution in [3.63, 3.8) is 0 Å². The highest BCUT2D eigenvalue weighted by atomic mass is 16.5. The fraction of sp³-hybridized carbons (Fsp3) is 0.429. The number of carbonyl (C=O) groups is 1. The van der Waals surface area contributed by atoms with E-state index in [-0.39, 0.29) is 11.7 Å². The van der Waals surface area contributed by atoms with E-state index in [0.29, 0.717) is 18.1 Å². The molecule has 0 saturated heterocycles. The first-order valence-corrected chi connectivity index (χ1v) is 6.32. The second-order valence-corrected chi connectivity index (χ2v) is 4.68. The molecule has 5 heteroatoms. The number of rotatable bonds is 2. The van der Waals surface area contributed by atoms with Crippen LogP contribution in [0.2, 0.25) is 0 Å². The molecule has 19 heavy (non-hydrogen) atoms. The molecule has 3 rings (SSSR count). The zero-order chi connectivity index (χ0) is 13.4. The van der Waals surface area contributed by atoms with Crippen molar-refractivity contribution < 1.29 is 14.3 Å². The Bertz CT molecular complexity index is 555. The van der Waals surface area contributed by atoms with Crippen LogP contribution >= 0.6 is 0 Å². The number of Topliss-reactive ketones (excluding diaryl/α,β-unsaturated/α-hetero) is 1. The third kappa shape index (κ3) is 1.90. The summed E-state index contributed by atoms with van der Waals surface area (Å²) in [7, 11) is 3.15. The molecule has 0 spiro atoms. The van der Waals surface area contributed by atoms with Crippen LogP contribution < -0.4 is 5.32 Å². The minimum atomic E-state index is -0.340. The lowest BCUT2D eigenvalue weighted by atomic mass is 9.84. The Kier molecular flexibility index (Phi) is 2.98. The van der Waals surface area contributed by atoms with E-state index in [0.717, 1.165) is 29.9 Å². The average Bonchev–Trinajstić information content (AvgIpc) is 2.46. The number of ether oxygens (including phenoxy) is 2. The van der Waals surface area contributed by atoms with Crippen molar-refractivity contribution in [2.24, 2.45) is 10.9 Å². The number of allylic oxidation sites excluding steroid dienone is 2.